The molecule has 0 radical (unpaired) electrons. The molecular weight excluding hydrogens is 1400 g/mol. The van der Waals surface area contributed by atoms with Gasteiger partial charge in [0.15, 0.2) is 23.0 Å². The van der Waals surface area contributed by atoms with E-state index in [0.717, 1.165) is 69.2 Å². The lowest BCUT2D eigenvalue weighted by atomic mass is 10.1. The summed E-state index contributed by atoms with van der Waals surface area (Å²) in [5.74, 6) is 1.32. The van der Waals surface area contributed by atoms with Gasteiger partial charge in [0.1, 0.15) is 47.6 Å². The number of nitrogens with one attached hydrogen (secondary N) is 2. The van der Waals surface area contributed by atoms with E-state index >= 15 is 0 Å². The highest BCUT2D eigenvalue weighted by molar-refractivity contribution is 6.32. The number of Topliss-reactive ketones (excluding diaryl/α,β-unsaturated/α-hetero) is 1. The van der Waals surface area contributed by atoms with Gasteiger partial charge in [-0.1, -0.05) is 23.2 Å². The molecule has 2 aliphatic rings. The molecular formula is C66H62Cl3F11N16O4. The van der Waals surface area contributed by atoms with Crippen LogP contribution in [0.15, 0.2) is 134 Å². The number of aromatic nitrogens is 12. The van der Waals surface area contributed by atoms with Crippen molar-refractivity contribution >= 4 is 81.4 Å². The molecule has 11 aromatic rings. The maximum Gasteiger partial charge on any atom is 0.436 e. The number of alkyl halides is 6. The maximum atomic E-state index is 13.3. The number of amides is 1. The average molecular weight is 1460 g/mol. The Morgan fingerprint density at radius 3 is 1.50 bits per heavy atom. The number of pyridine rings is 2. The third-order valence-corrected chi connectivity index (χ3v) is 15.7. The van der Waals surface area contributed by atoms with E-state index in [-0.39, 0.29) is 65.1 Å². The number of nitrogens with zero attached hydrogens (tertiary/aromatic N) is 13. The van der Waals surface area contributed by atoms with Crippen LogP contribution >= 0.6 is 35.6 Å². The molecule has 5 N–H and O–H groups in total. The highest BCUT2D eigenvalue weighted by Crippen LogP contribution is 2.38. The SMILES string of the molecule is CC(=O)c1ncccc1F.Cc1c(Cl)c(C(F)(F)F)nn1CC(=O)O.Cc1nn(-c2ccc(F)cc2)c2c1N(C(=O)Cn1nc(C(F)(F)F)c(Cl)c1C)CCC2.Cc1nn(-c2ccc(F)cc2)c2c1NCCC2.Cc1nn(-c2ccc(F)cc2)c2cccnc12.Cl.NNc1ccc(F)cc1. The number of aryl methyl sites for hydroxylation is 3. The molecule has 0 unspecified atom stereocenters. The van der Waals surface area contributed by atoms with Crippen LogP contribution in [0, 0.1) is 63.7 Å². The molecule has 528 valence electrons. The lowest BCUT2D eigenvalue weighted by Gasteiger charge is -2.28. The number of hydrogen-bond acceptors (Lipinski definition) is 13. The zero-order valence-electron chi connectivity index (χ0n) is 53.7. The summed E-state index contributed by atoms with van der Waals surface area (Å²) in [6.07, 6.45) is -2.82. The third-order valence-electron chi connectivity index (χ3n) is 14.8. The molecule has 0 atom stereocenters. The molecule has 34 heteroatoms. The Balaban J connectivity index is 0.000000177. The number of benzene rings is 4. The first-order chi connectivity index (χ1) is 46.9. The Morgan fingerprint density at radius 1 is 0.580 bits per heavy atom. The van der Waals surface area contributed by atoms with Gasteiger partial charge in [0.2, 0.25) is 5.91 Å². The van der Waals surface area contributed by atoms with E-state index in [4.69, 9.17) is 34.2 Å². The highest BCUT2D eigenvalue weighted by atomic mass is 35.5. The van der Waals surface area contributed by atoms with Crippen LogP contribution < -0.4 is 21.5 Å². The number of rotatable bonds is 9. The largest absolute Gasteiger partial charge is 0.480 e. The lowest BCUT2D eigenvalue weighted by molar-refractivity contribution is -0.143. The predicted molar refractivity (Wildman–Crippen MR) is 355 cm³/mol. The standard InChI is InChI=1S/C20H18ClF4N5O.C13H14FN3.C13H10FN3.C7H6ClF3N2O2.C7H6FNO.C6H7FN2.ClH/c1-11-18-15(30(26-11)14-7-5-13(22)6-8-14)4-3-9-28(18)16(31)10-29-12(2)17(21)19(27-29)20(23,24)25;2*1-9-13-12(3-2-8-15-13)17(16-9)11-6-4-10(14)5-7-11;1-3-5(8)6(7(9,10)11)12-13(3)2-4(14)15;1-5(10)7-6(8)3-2-4-9-7;7-5-1-3-6(9-8)4-2-5;/h5-8H,3-4,9-10H2,1-2H3;4-7,15H,2-3,8H2,1H3;2-8H,1H3;2H2,1H3,(H,14,15);2-4H,1H3;1-4,9H,8H2;1H. The fraction of sp³-hybridized carbons (Fsp3) is 0.242. The number of fused-ring (bicyclic) bond motifs is 3. The van der Waals surface area contributed by atoms with Crippen LogP contribution in [0.5, 0.6) is 0 Å². The minimum Gasteiger partial charge on any atom is -0.480 e. The minimum absolute atomic E-state index is 0. The van der Waals surface area contributed by atoms with E-state index in [1.54, 1.807) is 71.0 Å². The van der Waals surface area contributed by atoms with E-state index in [1.807, 2.05) is 30.7 Å². The molecule has 0 bridgehead atoms. The van der Waals surface area contributed by atoms with Gasteiger partial charge in [-0.15, -0.1) is 12.4 Å². The Bertz CT molecular complexity index is 4640. The maximum absolute atomic E-state index is 13.3. The average Bonchev–Trinajstić information content (AvgIpc) is 1.61. The number of nitrogens with two attached hydrogens (primary N) is 1. The normalized spacial score (nSPS) is 12.2. The third kappa shape index (κ3) is 18.9. The first-order valence-corrected chi connectivity index (χ1v) is 30.6. The van der Waals surface area contributed by atoms with Gasteiger partial charge in [-0.3, -0.25) is 39.6 Å². The van der Waals surface area contributed by atoms with Crippen molar-refractivity contribution in [3.63, 3.8) is 0 Å². The van der Waals surface area contributed by atoms with Gasteiger partial charge in [-0.05, 0) is 182 Å². The molecule has 13 rings (SSSR count). The Kier molecular flexibility index (Phi) is 25.9. The van der Waals surface area contributed by atoms with E-state index in [1.165, 1.54) is 98.2 Å². The molecule has 9 heterocycles. The van der Waals surface area contributed by atoms with E-state index in [0.29, 0.717) is 46.8 Å². The van der Waals surface area contributed by atoms with Crippen molar-refractivity contribution in [3.8, 4) is 17.1 Å². The van der Waals surface area contributed by atoms with Crippen LogP contribution in [-0.2, 0) is 47.9 Å². The molecule has 0 aliphatic carbocycles. The van der Waals surface area contributed by atoms with Crippen molar-refractivity contribution in [2.24, 2.45) is 5.84 Å². The summed E-state index contributed by atoms with van der Waals surface area (Å²) >= 11 is 11.2. The number of ketones is 1. The number of aliphatic carboxylic acids is 1. The molecule has 1 amide bonds. The second-order valence-electron chi connectivity index (χ2n) is 21.8. The topological polar surface area (TPSA) is 240 Å². The van der Waals surface area contributed by atoms with Crippen molar-refractivity contribution in [1.29, 1.82) is 0 Å². The molecule has 7 aromatic heterocycles. The van der Waals surface area contributed by atoms with Crippen LogP contribution in [0.4, 0.5) is 65.4 Å². The smallest absolute Gasteiger partial charge is 0.436 e. The molecule has 4 aromatic carbocycles. The molecule has 20 nitrogen and oxygen atoms in total. The molecule has 2 aliphatic heterocycles. The zero-order chi connectivity index (χ0) is 72.2. The second-order valence-corrected chi connectivity index (χ2v) is 22.6. The predicted octanol–water partition coefficient (Wildman–Crippen LogP) is 14.9. The monoisotopic (exact) mass is 1460 g/mol. The summed E-state index contributed by atoms with van der Waals surface area (Å²) < 4.78 is 147. The van der Waals surface area contributed by atoms with E-state index in [2.05, 4.69) is 46.2 Å². The van der Waals surface area contributed by atoms with Crippen molar-refractivity contribution in [2.75, 3.05) is 28.7 Å². The summed E-state index contributed by atoms with van der Waals surface area (Å²) in [6.45, 7) is 9.97. The van der Waals surface area contributed by atoms with Gasteiger partial charge < -0.3 is 20.7 Å². The Labute approximate surface area is 579 Å². The Morgan fingerprint density at radius 2 is 1.03 bits per heavy atom. The summed E-state index contributed by atoms with van der Waals surface area (Å²) in [7, 11) is 0. The molecule has 100 heavy (non-hydrogen) atoms. The van der Waals surface area contributed by atoms with Crippen molar-refractivity contribution < 1.29 is 67.8 Å². The minimum atomic E-state index is -4.71. The number of carbonyl (C=O) groups excluding carboxylic acids is 2. The van der Waals surface area contributed by atoms with Gasteiger partial charge in [-0.2, -0.15) is 51.8 Å². The highest BCUT2D eigenvalue weighted by Gasteiger charge is 2.40. The number of halogens is 14. The van der Waals surface area contributed by atoms with Gasteiger partial charge in [-0.25, -0.2) is 36.0 Å². The fourth-order valence-electron chi connectivity index (χ4n) is 10.1. The van der Waals surface area contributed by atoms with Crippen LogP contribution in [0.3, 0.4) is 0 Å². The molecule has 0 saturated heterocycles. The van der Waals surface area contributed by atoms with Crippen molar-refractivity contribution in [1.82, 2.24) is 58.9 Å². The number of hydrazine groups is 1. The van der Waals surface area contributed by atoms with Gasteiger partial charge >= 0.3 is 18.3 Å². The summed E-state index contributed by atoms with van der Waals surface area (Å²) in [5.41, 5.74) is 11.0. The first-order valence-electron chi connectivity index (χ1n) is 29.8. The lowest BCUT2D eigenvalue weighted by Crippen LogP contribution is -2.38. The first kappa shape index (κ1) is 77.1. The van der Waals surface area contributed by atoms with Crippen LogP contribution in [0.1, 0.15) is 81.5 Å². The number of carboxylic acids is 1. The summed E-state index contributed by atoms with van der Waals surface area (Å²) in [6, 6.07) is 30.8. The number of carbonyl (C=O) groups is 3. The van der Waals surface area contributed by atoms with Crippen LogP contribution in [-0.4, -0.2) is 94.7 Å². The number of hydrogen-bond donors (Lipinski definition) is 4. The van der Waals surface area contributed by atoms with Crippen molar-refractivity contribution in [2.45, 2.75) is 92.7 Å². The van der Waals surface area contributed by atoms with Gasteiger partial charge in [0.25, 0.3) is 0 Å². The summed E-state index contributed by atoms with van der Waals surface area (Å²) in [5, 5.41) is 30.8. The molecule has 0 spiro atoms. The van der Waals surface area contributed by atoms with Gasteiger partial charge in [0, 0.05) is 38.1 Å². The fourth-order valence-corrected chi connectivity index (χ4v) is 10.6. The van der Waals surface area contributed by atoms with Crippen LogP contribution in [0.25, 0.3) is 28.1 Å². The summed E-state index contributed by atoms with van der Waals surface area (Å²) in [4.78, 5) is 43.3. The quantitative estimate of drug-likeness (QED) is 0.0455. The Hall–Kier alpha value is -10.2. The van der Waals surface area contributed by atoms with Crippen molar-refractivity contribution in [3.05, 3.63) is 230 Å². The number of anilines is 3. The zero-order valence-corrected chi connectivity index (χ0v) is 56.1. The molecule has 0 fully saturated rings. The number of nitrogen functional groups attached to an aromatic ring is 1. The van der Waals surface area contributed by atoms with Gasteiger partial charge in [0.05, 0.1) is 83.9 Å². The van der Waals surface area contributed by atoms with E-state index < -0.39 is 58.0 Å². The van der Waals surface area contributed by atoms with Crippen LogP contribution in [0.2, 0.25) is 10.0 Å². The number of carboxylic acid groups (broad SMARTS) is 1. The second kappa shape index (κ2) is 33.5. The van der Waals surface area contributed by atoms with E-state index in [9.17, 15) is 62.7 Å². The molecule has 0 saturated carbocycles.